The molecule has 0 radical (unpaired) electrons. The molecule has 0 spiro atoms. The van der Waals surface area contributed by atoms with Crippen LogP contribution in [0.5, 0.6) is 5.88 Å². The Bertz CT molecular complexity index is 930. The predicted molar refractivity (Wildman–Crippen MR) is 95.4 cm³/mol. The molecule has 0 aliphatic heterocycles. The number of carbonyl (C=O) groups is 1. The highest BCUT2D eigenvalue weighted by Gasteiger charge is 2.18. The molecule has 0 aliphatic rings. The third-order valence-electron chi connectivity index (χ3n) is 3.24. The Labute approximate surface area is 151 Å². The Morgan fingerprint density at radius 3 is 2.80 bits per heavy atom. The fourth-order valence-electron chi connectivity index (χ4n) is 2.01. The second kappa shape index (κ2) is 7.04. The number of aromatic nitrogens is 2. The third kappa shape index (κ3) is 3.70. The molecule has 0 atom stereocenters. The number of halogens is 2. The number of benzene rings is 1. The SMILES string of the molecule is COc1ccc(C(=O)c2sc(Nc3ccc(Cl)c(F)c3)nc2N)cn1. The number of ether oxygens (including phenoxy) is 1. The van der Waals surface area contributed by atoms with Crippen molar-refractivity contribution in [2.45, 2.75) is 0 Å². The molecule has 0 saturated carbocycles. The lowest BCUT2D eigenvalue weighted by atomic mass is 10.1. The topological polar surface area (TPSA) is 90.1 Å². The average Bonchev–Trinajstić information content (AvgIpc) is 2.98. The zero-order chi connectivity index (χ0) is 18.0. The largest absolute Gasteiger partial charge is 0.481 e. The van der Waals surface area contributed by atoms with E-state index in [4.69, 9.17) is 22.1 Å². The van der Waals surface area contributed by atoms with E-state index in [1.807, 2.05) is 0 Å². The zero-order valence-corrected chi connectivity index (χ0v) is 14.5. The molecule has 0 fully saturated rings. The van der Waals surface area contributed by atoms with Crippen molar-refractivity contribution in [3.63, 3.8) is 0 Å². The van der Waals surface area contributed by atoms with Crippen molar-refractivity contribution in [1.82, 2.24) is 9.97 Å². The first kappa shape index (κ1) is 17.1. The lowest BCUT2D eigenvalue weighted by molar-refractivity contribution is 0.104. The minimum atomic E-state index is -0.559. The highest BCUT2D eigenvalue weighted by atomic mass is 35.5. The van der Waals surface area contributed by atoms with Gasteiger partial charge in [0.2, 0.25) is 11.7 Å². The van der Waals surface area contributed by atoms with Gasteiger partial charge in [0, 0.05) is 23.5 Å². The summed E-state index contributed by atoms with van der Waals surface area (Å²) in [4.78, 5) is 20.9. The predicted octanol–water partition coefficient (Wildman–Crippen LogP) is 3.90. The van der Waals surface area contributed by atoms with E-state index in [-0.39, 0.29) is 21.5 Å². The van der Waals surface area contributed by atoms with Crippen molar-refractivity contribution in [2.24, 2.45) is 0 Å². The standard InChI is InChI=1S/C16H12ClFN4O2S/c1-24-12-5-2-8(7-20-12)13(23)14-15(19)22-16(25-14)21-9-3-4-10(17)11(18)6-9/h2-7H,19H2,1H3,(H,21,22). The van der Waals surface area contributed by atoms with Crippen LogP contribution in [0.2, 0.25) is 5.02 Å². The molecule has 9 heteroatoms. The monoisotopic (exact) mass is 378 g/mol. The van der Waals surface area contributed by atoms with Crippen LogP contribution in [-0.2, 0) is 0 Å². The molecule has 3 N–H and O–H groups in total. The quantitative estimate of drug-likeness (QED) is 0.654. The number of carbonyl (C=O) groups excluding carboxylic acids is 1. The van der Waals surface area contributed by atoms with Crippen LogP contribution in [0.15, 0.2) is 36.5 Å². The van der Waals surface area contributed by atoms with Crippen LogP contribution in [0.3, 0.4) is 0 Å². The number of methoxy groups -OCH3 is 1. The Morgan fingerprint density at radius 1 is 1.36 bits per heavy atom. The number of thiazole rings is 1. The van der Waals surface area contributed by atoms with Gasteiger partial charge in [-0.3, -0.25) is 4.79 Å². The molecule has 6 nitrogen and oxygen atoms in total. The highest BCUT2D eigenvalue weighted by molar-refractivity contribution is 7.18. The van der Waals surface area contributed by atoms with E-state index in [9.17, 15) is 9.18 Å². The van der Waals surface area contributed by atoms with E-state index in [0.29, 0.717) is 22.3 Å². The van der Waals surface area contributed by atoms with Crippen LogP contribution < -0.4 is 15.8 Å². The molecule has 0 bridgehead atoms. The minimum absolute atomic E-state index is 0.0204. The number of hydrogen-bond acceptors (Lipinski definition) is 7. The van der Waals surface area contributed by atoms with Crippen molar-refractivity contribution < 1.29 is 13.9 Å². The molecule has 3 rings (SSSR count). The van der Waals surface area contributed by atoms with Gasteiger partial charge in [-0.1, -0.05) is 22.9 Å². The van der Waals surface area contributed by atoms with Gasteiger partial charge in [0.1, 0.15) is 16.5 Å². The first-order valence-corrected chi connectivity index (χ1v) is 8.20. The van der Waals surface area contributed by atoms with Gasteiger partial charge in [0.15, 0.2) is 5.13 Å². The Morgan fingerprint density at radius 2 is 2.16 bits per heavy atom. The van der Waals surface area contributed by atoms with Crippen LogP contribution >= 0.6 is 22.9 Å². The van der Waals surface area contributed by atoms with Crippen LogP contribution in [0.25, 0.3) is 0 Å². The van der Waals surface area contributed by atoms with Gasteiger partial charge in [-0.2, -0.15) is 0 Å². The summed E-state index contributed by atoms with van der Waals surface area (Å²) in [6, 6.07) is 7.42. The van der Waals surface area contributed by atoms with Crippen LogP contribution in [0, 0.1) is 5.82 Å². The van der Waals surface area contributed by atoms with Gasteiger partial charge >= 0.3 is 0 Å². The summed E-state index contributed by atoms with van der Waals surface area (Å²) in [5, 5.41) is 3.28. The Kier molecular flexibility index (Phi) is 4.82. The number of nitrogen functional groups attached to an aromatic ring is 1. The van der Waals surface area contributed by atoms with E-state index in [2.05, 4.69) is 15.3 Å². The number of nitrogens with one attached hydrogen (secondary N) is 1. The summed E-state index contributed by atoms with van der Waals surface area (Å²) < 4.78 is 18.5. The van der Waals surface area contributed by atoms with E-state index < -0.39 is 5.82 Å². The summed E-state index contributed by atoms with van der Waals surface area (Å²) in [6.07, 6.45) is 1.40. The number of hydrogen-bond donors (Lipinski definition) is 2. The number of anilines is 3. The van der Waals surface area contributed by atoms with Crippen molar-refractivity contribution in [3.05, 3.63) is 57.8 Å². The number of rotatable bonds is 5. The van der Waals surface area contributed by atoms with E-state index in [1.165, 1.54) is 25.4 Å². The summed E-state index contributed by atoms with van der Waals surface area (Å²) in [7, 11) is 1.49. The van der Waals surface area contributed by atoms with E-state index >= 15 is 0 Å². The van der Waals surface area contributed by atoms with E-state index in [0.717, 1.165) is 11.3 Å². The van der Waals surface area contributed by atoms with Crippen LogP contribution in [0.1, 0.15) is 15.2 Å². The van der Waals surface area contributed by atoms with Crippen LogP contribution in [0.4, 0.5) is 21.0 Å². The molecule has 2 aromatic heterocycles. The second-order valence-corrected chi connectivity index (χ2v) is 6.31. The van der Waals surface area contributed by atoms with Gasteiger partial charge < -0.3 is 15.8 Å². The molecular weight excluding hydrogens is 367 g/mol. The zero-order valence-electron chi connectivity index (χ0n) is 12.9. The van der Waals surface area contributed by atoms with Gasteiger partial charge in [0.25, 0.3) is 0 Å². The maximum absolute atomic E-state index is 13.5. The van der Waals surface area contributed by atoms with Crippen molar-refractivity contribution in [2.75, 3.05) is 18.2 Å². The van der Waals surface area contributed by atoms with Crippen LogP contribution in [-0.4, -0.2) is 22.9 Å². The summed E-state index contributed by atoms with van der Waals surface area (Å²) >= 11 is 6.71. The van der Waals surface area contributed by atoms with Gasteiger partial charge in [0.05, 0.1) is 12.1 Å². The fourth-order valence-corrected chi connectivity index (χ4v) is 3.00. The van der Waals surface area contributed by atoms with Crippen molar-refractivity contribution in [3.8, 4) is 5.88 Å². The molecule has 0 aliphatic carbocycles. The lowest BCUT2D eigenvalue weighted by Crippen LogP contribution is -2.03. The Hall–Kier alpha value is -2.71. The average molecular weight is 379 g/mol. The van der Waals surface area contributed by atoms with E-state index in [1.54, 1.807) is 18.2 Å². The van der Waals surface area contributed by atoms with Crippen molar-refractivity contribution in [1.29, 1.82) is 0 Å². The van der Waals surface area contributed by atoms with Crippen molar-refractivity contribution >= 4 is 45.4 Å². The minimum Gasteiger partial charge on any atom is -0.481 e. The highest BCUT2D eigenvalue weighted by Crippen LogP contribution is 2.30. The number of nitrogens with zero attached hydrogens (tertiary/aromatic N) is 2. The molecule has 0 unspecified atom stereocenters. The summed E-state index contributed by atoms with van der Waals surface area (Å²) in [6.45, 7) is 0. The summed E-state index contributed by atoms with van der Waals surface area (Å²) in [5.41, 5.74) is 6.65. The molecular formula is C16H12ClFN4O2S. The molecule has 0 saturated heterocycles. The maximum Gasteiger partial charge on any atom is 0.212 e. The number of pyridine rings is 1. The van der Waals surface area contributed by atoms with Gasteiger partial charge in [-0.15, -0.1) is 0 Å². The Balaban J connectivity index is 1.83. The first-order chi connectivity index (χ1) is 12.0. The molecule has 0 amide bonds. The number of nitrogens with two attached hydrogens (primary N) is 1. The molecule has 2 heterocycles. The fraction of sp³-hybridized carbons (Fsp3) is 0.0625. The molecule has 25 heavy (non-hydrogen) atoms. The molecule has 3 aromatic rings. The third-order valence-corrected chi connectivity index (χ3v) is 4.53. The number of ketones is 1. The van der Waals surface area contributed by atoms with Gasteiger partial charge in [-0.25, -0.2) is 14.4 Å². The lowest BCUT2D eigenvalue weighted by Gasteiger charge is -2.03. The van der Waals surface area contributed by atoms with Gasteiger partial charge in [-0.05, 0) is 24.3 Å². The summed E-state index contributed by atoms with van der Waals surface area (Å²) in [5.74, 6) is -0.374. The first-order valence-electron chi connectivity index (χ1n) is 7.01. The molecule has 128 valence electrons. The normalized spacial score (nSPS) is 10.5. The molecule has 1 aromatic carbocycles. The second-order valence-electron chi connectivity index (χ2n) is 4.91. The maximum atomic E-state index is 13.5. The smallest absolute Gasteiger partial charge is 0.212 e.